The maximum atomic E-state index is 12.0. The minimum atomic E-state index is -4.83. The highest BCUT2D eigenvalue weighted by Crippen LogP contribution is 2.26. The van der Waals surface area contributed by atoms with Crippen molar-refractivity contribution in [1.82, 2.24) is 4.98 Å². The van der Waals surface area contributed by atoms with Crippen LogP contribution >= 0.6 is 0 Å². The summed E-state index contributed by atoms with van der Waals surface area (Å²) in [6.07, 6.45) is -4.83. The van der Waals surface area contributed by atoms with E-state index in [2.05, 4.69) is 9.72 Å². The number of hydrogen-bond acceptors (Lipinski definition) is 4. The fourth-order valence-electron chi connectivity index (χ4n) is 1.19. The number of hydrogen-bond donors (Lipinski definition) is 2. The second-order valence-corrected chi connectivity index (χ2v) is 3.11. The van der Waals surface area contributed by atoms with Crippen molar-refractivity contribution in [3.8, 4) is 5.88 Å². The highest BCUT2D eigenvalue weighted by Gasteiger charge is 2.33. The van der Waals surface area contributed by atoms with E-state index in [9.17, 15) is 13.2 Å². The number of aryl methyl sites for hydroxylation is 1. The zero-order valence-corrected chi connectivity index (χ0v) is 8.51. The van der Waals surface area contributed by atoms with Crippen molar-refractivity contribution in [2.45, 2.75) is 26.4 Å². The Kier molecular flexibility index (Phi) is 3.71. The van der Waals surface area contributed by atoms with Crippen LogP contribution in [0.1, 0.15) is 16.8 Å². The van der Waals surface area contributed by atoms with Crippen LogP contribution < -0.4 is 10.5 Å². The van der Waals surface area contributed by atoms with Crippen LogP contribution in [0.5, 0.6) is 5.88 Å². The van der Waals surface area contributed by atoms with Crippen molar-refractivity contribution in [2.75, 3.05) is 0 Å². The Hall–Kier alpha value is -1.34. The van der Waals surface area contributed by atoms with Crippen LogP contribution in [-0.2, 0) is 13.2 Å². The molecule has 0 fully saturated rings. The molecule has 1 heterocycles. The fraction of sp³-hybridized carbons (Fsp3) is 0.444. The van der Waals surface area contributed by atoms with Crippen molar-refractivity contribution < 1.29 is 23.0 Å². The SMILES string of the molecule is Cc1nc(OC(F)(F)F)c(CO)cc1CN. The molecule has 0 aliphatic rings. The molecular weight excluding hydrogens is 225 g/mol. The molecular formula is C9H11F3N2O2. The van der Waals surface area contributed by atoms with Gasteiger partial charge in [-0.05, 0) is 18.6 Å². The summed E-state index contributed by atoms with van der Waals surface area (Å²) >= 11 is 0. The topological polar surface area (TPSA) is 68.4 Å². The first kappa shape index (κ1) is 12.7. The molecule has 0 saturated carbocycles. The lowest BCUT2D eigenvalue weighted by Crippen LogP contribution is -2.20. The highest BCUT2D eigenvalue weighted by molar-refractivity contribution is 5.33. The van der Waals surface area contributed by atoms with Gasteiger partial charge in [0.25, 0.3) is 0 Å². The van der Waals surface area contributed by atoms with Gasteiger partial charge < -0.3 is 15.6 Å². The maximum absolute atomic E-state index is 12.0. The minimum absolute atomic E-state index is 0.0385. The molecule has 1 rings (SSSR count). The smallest absolute Gasteiger partial charge is 0.391 e. The molecule has 90 valence electrons. The Bertz CT molecular complexity index is 380. The van der Waals surface area contributed by atoms with Gasteiger partial charge >= 0.3 is 6.36 Å². The number of nitrogens with two attached hydrogens (primary N) is 1. The molecule has 4 nitrogen and oxygen atoms in total. The Balaban J connectivity index is 3.13. The summed E-state index contributed by atoms with van der Waals surface area (Å²) < 4.78 is 39.7. The normalized spacial score (nSPS) is 11.6. The molecule has 16 heavy (non-hydrogen) atoms. The molecule has 0 unspecified atom stereocenters. The average Bonchev–Trinajstić information content (AvgIpc) is 2.16. The second kappa shape index (κ2) is 4.67. The highest BCUT2D eigenvalue weighted by atomic mass is 19.4. The molecule has 0 spiro atoms. The molecule has 0 aliphatic heterocycles. The second-order valence-electron chi connectivity index (χ2n) is 3.11. The summed E-state index contributed by atoms with van der Waals surface area (Å²) in [6, 6.07) is 1.35. The quantitative estimate of drug-likeness (QED) is 0.828. The van der Waals surface area contributed by atoms with Gasteiger partial charge in [0.2, 0.25) is 5.88 Å². The van der Waals surface area contributed by atoms with Crippen LogP contribution in [0.25, 0.3) is 0 Å². The van der Waals surface area contributed by atoms with E-state index in [0.29, 0.717) is 11.3 Å². The lowest BCUT2D eigenvalue weighted by molar-refractivity contribution is -0.276. The number of pyridine rings is 1. The molecule has 1 aromatic heterocycles. The summed E-state index contributed by atoms with van der Waals surface area (Å²) in [5.74, 6) is -0.635. The number of rotatable bonds is 3. The van der Waals surface area contributed by atoms with Crippen LogP contribution in [0.2, 0.25) is 0 Å². The van der Waals surface area contributed by atoms with Gasteiger partial charge in [-0.15, -0.1) is 13.2 Å². The van der Waals surface area contributed by atoms with Crippen LogP contribution in [0, 0.1) is 6.92 Å². The van der Waals surface area contributed by atoms with Crippen molar-refractivity contribution in [1.29, 1.82) is 0 Å². The van der Waals surface area contributed by atoms with Gasteiger partial charge in [0.15, 0.2) is 0 Å². The van der Waals surface area contributed by atoms with Gasteiger partial charge in [-0.1, -0.05) is 0 Å². The summed E-state index contributed by atoms with van der Waals surface area (Å²) in [4.78, 5) is 3.62. The van der Waals surface area contributed by atoms with Gasteiger partial charge in [-0.25, -0.2) is 4.98 Å². The molecule has 0 saturated heterocycles. The predicted octanol–water partition coefficient (Wildman–Crippen LogP) is 1.24. The third kappa shape index (κ3) is 3.07. The van der Waals surface area contributed by atoms with E-state index in [-0.39, 0.29) is 12.1 Å². The van der Waals surface area contributed by atoms with E-state index >= 15 is 0 Å². The molecule has 1 aromatic rings. The number of halogens is 3. The summed E-state index contributed by atoms with van der Waals surface area (Å²) in [7, 11) is 0. The van der Waals surface area contributed by atoms with E-state index in [1.165, 1.54) is 13.0 Å². The zero-order valence-electron chi connectivity index (χ0n) is 8.51. The predicted molar refractivity (Wildman–Crippen MR) is 49.5 cm³/mol. The minimum Gasteiger partial charge on any atom is -0.391 e. The Morgan fingerprint density at radius 2 is 2.06 bits per heavy atom. The van der Waals surface area contributed by atoms with Crippen molar-refractivity contribution in [3.63, 3.8) is 0 Å². The van der Waals surface area contributed by atoms with Gasteiger partial charge in [-0.3, -0.25) is 0 Å². The Morgan fingerprint density at radius 1 is 1.44 bits per heavy atom. The van der Waals surface area contributed by atoms with Crippen LogP contribution in [0.4, 0.5) is 13.2 Å². The monoisotopic (exact) mass is 236 g/mol. The molecule has 0 radical (unpaired) electrons. The summed E-state index contributed by atoms with van der Waals surface area (Å²) in [6.45, 7) is 1.07. The molecule has 0 amide bonds. The van der Waals surface area contributed by atoms with Crippen LogP contribution in [0.15, 0.2) is 6.07 Å². The van der Waals surface area contributed by atoms with Gasteiger partial charge in [0, 0.05) is 17.8 Å². The Labute approximate surface area is 89.9 Å². The van der Waals surface area contributed by atoms with Gasteiger partial charge in [0.1, 0.15) is 0 Å². The first-order valence-electron chi connectivity index (χ1n) is 4.43. The van der Waals surface area contributed by atoms with Crippen molar-refractivity contribution in [2.24, 2.45) is 5.73 Å². The molecule has 0 aromatic carbocycles. The molecule has 7 heteroatoms. The largest absolute Gasteiger partial charge is 0.574 e. The number of aromatic nitrogens is 1. The van der Waals surface area contributed by atoms with Gasteiger partial charge in [0.05, 0.1) is 6.61 Å². The Morgan fingerprint density at radius 3 is 2.50 bits per heavy atom. The maximum Gasteiger partial charge on any atom is 0.574 e. The van der Waals surface area contributed by atoms with Crippen LogP contribution in [-0.4, -0.2) is 16.5 Å². The lowest BCUT2D eigenvalue weighted by Gasteiger charge is -2.13. The van der Waals surface area contributed by atoms with Gasteiger partial charge in [-0.2, -0.15) is 0 Å². The van der Waals surface area contributed by atoms with E-state index in [1.807, 2.05) is 0 Å². The van der Waals surface area contributed by atoms with E-state index < -0.39 is 18.8 Å². The van der Waals surface area contributed by atoms with Crippen molar-refractivity contribution >= 4 is 0 Å². The first-order chi connectivity index (χ1) is 7.37. The fourth-order valence-corrected chi connectivity index (χ4v) is 1.19. The number of alkyl halides is 3. The van der Waals surface area contributed by atoms with E-state index in [4.69, 9.17) is 10.8 Å². The average molecular weight is 236 g/mol. The standard InChI is InChI=1S/C9H11F3N2O2/c1-5-6(3-13)2-7(4-15)8(14-5)16-9(10,11)12/h2,15H,3-4,13H2,1H3. The van der Waals surface area contributed by atoms with E-state index in [1.54, 1.807) is 0 Å². The van der Waals surface area contributed by atoms with E-state index in [0.717, 1.165) is 0 Å². The lowest BCUT2D eigenvalue weighted by atomic mass is 10.1. The van der Waals surface area contributed by atoms with Crippen LogP contribution in [0.3, 0.4) is 0 Å². The number of ether oxygens (including phenoxy) is 1. The number of nitrogens with zero attached hydrogens (tertiary/aromatic N) is 1. The third-order valence-corrected chi connectivity index (χ3v) is 1.96. The molecule has 3 N–H and O–H groups in total. The van der Waals surface area contributed by atoms with Crippen molar-refractivity contribution in [3.05, 3.63) is 22.9 Å². The third-order valence-electron chi connectivity index (χ3n) is 1.96. The zero-order chi connectivity index (χ0) is 12.3. The number of aliphatic hydroxyl groups excluding tert-OH is 1. The molecule has 0 atom stereocenters. The number of aliphatic hydroxyl groups is 1. The summed E-state index contributed by atoms with van der Waals surface area (Å²) in [5, 5.41) is 8.90. The summed E-state index contributed by atoms with van der Waals surface area (Å²) in [5.41, 5.74) is 6.24. The molecule has 0 aliphatic carbocycles. The first-order valence-corrected chi connectivity index (χ1v) is 4.43. The molecule has 0 bridgehead atoms.